The van der Waals surface area contributed by atoms with Gasteiger partial charge in [-0.1, -0.05) is 0 Å². The lowest BCUT2D eigenvalue weighted by molar-refractivity contribution is -0.120. The molecular formula is C15H24N6O2. The van der Waals surface area contributed by atoms with E-state index in [4.69, 9.17) is 0 Å². The first-order chi connectivity index (χ1) is 11.0. The van der Waals surface area contributed by atoms with E-state index in [1.807, 2.05) is 18.1 Å². The summed E-state index contributed by atoms with van der Waals surface area (Å²) in [6.45, 7) is 2.04. The van der Waals surface area contributed by atoms with Gasteiger partial charge in [0.05, 0.1) is 17.5 Å². The molecule has 1 aliphatic heterocycles. The van der Waals surface area contributed by atoms with E-state index in [9.17, 15) is 9.90 Å². The summed E-state index contributed by atoms with van der Waals surface area (Å²) in [7, 11) is 3.53. The maximum absolute atomic E-state index is 12.4. The minimum atomic E-state index is -0.614. The number of nitrogens with one attached hydrogen (secondary N) is 1. The van der Waals surface area contributed by atoms with E-state index in [1.165, 1.54) is 0 Å². The molecule has 126 valence electrons. The van der Waals surface area contributed by atoms with Crippen LogP contribution in [0.3, 0.4) is 0 Å². The van der Waals surface area contributed by atoms with E-state index >= 15 is 0 Å². The summed E-state index contributed by atoms with van der Waals surface area (Å²) >= 11 is 0. The zero-order chi connectivity index (χ0) is 16.4. The maximum atomic E-state index is 12.4. The molecule has 1 saturated heterocycles. The quantitative estimate of drug-likeness (QED) is 0.582. The highest BCUT2D eigenvalue weighted by Crippen LogP contribution is 2.30. The van der Waals surface area contributed by atoms with Gasteiger partial charge in [0.1, 0.15) is 6.54 Å². The molecule has 0 spiro atoms. The van der Waals surface area contributed by atoms with Crippen LogP contribution in [0.1, 0.15) is 19.3 Å². The summed E-state index contributed by atoms with van der Waals surface area (Å²) in [6, 6.07) is 0. The molecule has 2 N–H and O–H groups in total. The predicted octanol–water partition coefficient (Wildman–Crippen LogP) is -0.441. The molecule has 3 rings (SSSR count). The first kappa shape index (κ1) is 15.8. The summed E-state index contributed by atoms with van der Waals surface area (Å²) in [4.78, 5) is 20.3. The third-order valence-electron chi connectivity index (χ3n) is 4.59. The van der Waals surface area contributed by atoms with E-state index in [-0.39, 0.29) is 12.5 Å². The Kier molecular flexibility index (Phi) is 4.25. The van der Waals surface area contributed by atoms with Crippen molar-refractivity contribution in [2.45, 2.75) is 24.9 Å². The molecule has 1 aromatic heterocycles. The normalized spacial score (nSPS) is 21.3. The largest absolute Gasteiger partial charge is 0.388 e. The van der Waals surface area contributed by atoms with Gasteiger partial charge in [0, 0.05) is 39.9 Å². The standard InChI is InChI=1S/C15H24N6O2/c1-16-14(17-11-15(23)4-3-5-15)20-6-7-21(13(22)10-20)12-8-18-19(2)9-12/h8-9,23H,3-7,10-11H2,1-2H3,(H,16,17). The Morgan fingerprint density at radius 2 is 2.26 bits per heavy atom. The average Bonchev–Trinajstić information content (AvgIpc) is 2.92. The first-order valence-corrected chi connectivity index (χ1v) is 7.98. The third-order valence-corrected chi connectivity index (χ3v) is 4.59. The van der Waals surface area contributed by atoms with Crippen LogP contribution in [0.25, 0.3) is 0 Å². The number of aryl methyl sites for hydroxylation is 1. The molecule has 8 heteroatoms. The number of rotatable bonds is 3. The van der Waals surface area contributed by atoms with Crippen LogP contribution < -0.4 is 10.2 Å². The number of aliphatic hydroxyl groups is 1. The third kappa shape index (κ3) is 3.31. The van der Waals surface area contributed by atoms with Crippen molar-refractivity contribution >= 4 is 17.6 Å². The minimum absolute atomic E-state index is 0.0227. The lowest BCUT2D eigenvalue weighted by Gasteiger charge is -2.39. The topological polar surface area (TPSA) is 86.0 Å². The van der Waals surface area contributed by atoms with E-state index in [1.54, 1.807) is 22.8 Å². The van der Waals surface area contributed by atoms with Crippen molar-refractivity contribution in [3.63, 3.8) is 0 Å². The second kappa shape index (κ2) is 6.19. The molecule has 8 nitrogen and oxygen atoms in total. The Balaban J connectivity index is 1.58. The van der Waals surface area contributed by atoms with Crippen molar-refractivity contribution < 1.29 is 9.90 Å². The van der Waals surface area contributed by atoms with Crippen molar-refractivity contribution in [2.75, 3.05) is 38.1 Å². The summed E-state index contributed by atoms with van der Waals surface area (Å²) in [5.74, 6) is 0.694. The SMILES string of the molecule is CN=C(NCC1(O)CCC1)N1CCN(c2cnn(C)c2)C(=O)C1. The highest BCUT2D eigenvalue weighted by Gasteiger charge is 2.35. The second-order valence-electron chi connectivity index (χ2n) is 6.32. The van der Waals surface area contributed by atoms with Crippen molar-refractivity contribution in [3.8, 4) is 0 Å². The van der Waals surface area contributed by atoms with Gasteiger partial charge in [-0.05, 0) is 19.3 Å². The Labute approximate surface area is 135 Å². The average molecular weight is 320 g/mol. The van der Waals surface area contributed by atoms with Crippen LogP contribution >= 0.6 is 0 Å². The molecule has 0 radical (unpaired) electrons. The zero-order valence-corrected chi connectivity index (χ0v) is 13.7. The number of carbonyl (C=O) groups excluding carboxylic acids is 1. The minimum Gasteiger partial charge on any atom is -0.388 e. The van der Waals surface area contributed by atoms with Crippen LogP contribution in [0, 0.1) is 0 Å². The summed E-state index contributed by atoms with van der Waals surface area (Å²) in [6.07, 6.45) is 6.26. The predicted molar refractivity (Wildman–Crippen MR) is 87.3 cm³/mol. The molecule has 2 heterocycles. The number of piperazine rings is 1. The molecular weight excluding hydrogens is 296 g/mol. The number of aliphatic imine (C=N–C) groups is 1. The van der Waals surface area contributed by atoms with Crippen LogP contribution in [0.5, 0.6) is 0 Å². The summed E-state index contributed by atoms with van der Waals surface area (Å²) in [5.41, 5.74) is 0.209. The van der Waals surface area contributed by atoms with E-state index in [0.717, 1.165) is 24.9 Å². The monoisotopic (exact) mass is 320 g/mol. The van der Waals surface area contributed by atoms with Crippen molar-refractivity contribution in [1.29, 1.82) is 0 Å². The molecule has 2 aliphatic rings. The van der Waals surface area contributed by atoms with Gasteiger partial charge in [-0.2, -0.15) is 5.10 Å². The van der Waals surface area contributed by atoms with Crippen molar-refractivity contribution in [2.24, 2.45) is 12.0 Å². The first-order valence-electron chi connectivity index (χ1n) is 7.98. The fourth-order valence-electron chi connectivity index (χ4n) is 3.01. The van der Waals surface area contributed by atoms with E-state index in [0.29, 0.717) is 25.6 Å². The molecule has 1 aliphatic carbocycles. The van der Waals surface area contributed by atoms with Gasteiger partial charge in [-0.15, -0.1) is 0 Å². The van der Waals surface area contributed by atoms with Crippen molar-refractivity contribution in [3.05, 3.63) is 12.4 Å². The van der Waals surface area contributed by atoms with Crippen LogP contribution in [0.4, 0.5) is 5.69 Å². The molecule has 1 amide bonds. The Hall–Kier alpha value is -2.09. The van der Waals surface area contributed by atoms with Gasteiger partial charge in [-0.25, -0.2) is 0 Å². The molecule has 0 atom stereocenters. The summed E-state index contributed by atoms with van der Waals surface area (Å²) in [5, 5.41) is 17.5. The number of hydrogen-bond acceptors (Lipinski definition) is 4. The highest BCUT2D eigenvalue weighted by atomic mass is 16.3. The number of guanidine groups is 1. The molecule has 0 unspecified atom stereocenters. The van der Waals surface area contributed by atoms with Gasteiger partial charge in [0.2, 0.25) is 5.91 Å². The fraction of sp³-hybridized carbons (Fsp3) is 0.667. The van der Waals surface area contributed by atoms with E-state index < -0.39 is 5.60 Å². The summed E-state index contributed by atoms with van der Waals surface area (Å²) < 4.78 is 1.69. The molecule has 2 fully saturated rings. The number of nitrogens with zero attached hydrogens (tertiary/aromatic N) is 5. The van der Waals surface area contributed by atoms with Gasteiger partial charge in [0.15, 0.2) is 5.96 Å². The van der Waals surface area contributed by atoms with Gasteiger partial charge in [-0.3, -0.25) is 14.5 Å². The number of aromatic nitrogens is 2. The molecule has 0 aromatic carbocycles. The number of hydrogen-bond donors (Lipinski definition) is 2. The fourth-order valence-corrected chi connectivity index (χ4v) is 3.01. The Morgan fingerprint density at radius 3 is 2.78 bits per heavy atom. The Bertz CT molecular complexity index is 607. The Morgan fingerprint density at radius 1 is 1.48 bits per heavy atom. The van der Waals surface area contributed by atoms with Crippen LogP contribution in [-0.2, 0) is 11.8 Å². The van der Waals surface area contributed by atoms with Gasteiger partial charge in [0.25, 0.3) is 0 Å². The molecule has 1 aromatic rings. The van der Waals surface area contributed by atoms with Gasteiger partial charge >= 0.3 is 0 Å². The van der Waals surface area contributed by atoms with Crippen molar-refractivity contribution in [1.82, 2.24) is 20.0 Å². The highest BCUT2D eigenvalue weighted by molar-refractivity contribution is 5.98. The van der Waals surface area contributed by atoms with Crippen LogP contribution in [0.15, 0.2) is 17.4 Å². The molecule has 0 bridgehead atoms. The molecule has 23 heavy (non-hydrogen) atoms. The van der Waals surface area contributed by atoms with Crippen LogP contribution in [-0.4, -0.2) is 70.5 Å². The second-order valence-corrected chi connectivity index (χ2v) is 6.32. The number of amides is 1. The lowest BCUT2D eigenvalue weighted by Crippen LogP contribution is -2.57. The van der Waals surface area contributed by atoms with Crippen LogP contribution in [0.2, 0.25) is 0 Å². The molecule has 1 saturated carbocycles. The smallest absolute Gasteiger partial charge is 0.246 e. The number of carbonyl (C=O) groups is 1. The maximum Gasteiger partial charge on any atom is 0.246 e. The zero-order valence-electron chi connectivity index (χ0n) is 13.7. The lowest BCUT2D eigenvalue weighted by atomic mass is 9.80. The van der Waals surface area contributed by atoms with E-state index in [2.05, 4.69) is 15.4 Å². The number of anilines is 1. The van der Waals surface area contributed by atoms with Gasteiger partial charge < -0.3 is 20.2 Å².